The van der Waals surface area contributed by atoms with Gasteiger partial charge in [0.15, 0.2) is 5.96 Å². The van der Waals surface area contributed by atoms with E-state index >= 15 is 0 Å². The third kappa shape index (κ3) is 9.37. The molecule has 0 saturated heterocycles. The molecule has 1 aromatic rings. The number of nitrogens with zero attached hydrogens (tertiary/aromatic N) is 4. The molecule has 0 bridgehead atoms. The molecule has 0 aliphatic rings. The number of hydrogen-bond acceptors (Lipinski definition) is 3. The van der Waals surface area contributed by atoms with Crippen molar-refractivity contribution < 1.29 is 0 Å². The van der Waals surface area contributed by atoms with Gasteiger partial charge in [-0.3, -0.25) is 4.99 Å². The van der Waals surface area contributed by atoms with Gasteiger partial charge in [-0.05, 0) is 32.1 Å². The highest BCUT2D eigenvalue weighted by Crippen LogP contribution is 2.05. The lowest BCUT2D eigenvalue weighted by Gasteiger charge is -2.11. The Balaban J connectivity index is 2.11. The van der Waals surface area contributed by atoms with Gasteiger partial charge >= 0.3 is 0 Å². The lowest BCUT2D eigenvalue weighted by molar-refractivity contribution is 0.541. The second-order valence-electron chi connectivity index (χ2n) is 5.98. The van der Waals surface area contributed by atoms with Crippen LogP contribution in [0.1, 0.15) is 52.9 Å². The number of guanidine groups is 1. The summed E-state index contributed by atoms with van der Waals surface area (Å²) in [6, 6.07) is 0. The fourth-order valence-corrected chi connectivity index (χ4v) is 2.16. The minimum Gasteiger partial charge on any atom is -0.357 e. The van der Waals surface area contributed by atoms with Crippen molar-refractivity contribution in [3.63, 3.8) is 0 Å². The summed E-state index contributed by atoms with van der Waals surface area (Å²) in [5, 5.41) is 14.3. The van der Waals surface area contributed by atoms with Gasteiger partial charge in [0.05, 0.1) is 0 Å². The van der Waals surface area contributed by atoms with E-state index in [1.54, 1.807) is 12.7 Å². The van der Waals surface area contributed by atoms with Crippen molar-refractivity contribution in [2.45, 2.75) is 59.4 Å². The number of nitrogens with one attached hydrogen (secondary N) is 2. The first-order chi connectivity index (χ1) is 10.7. The normalized spacial score (nSPS) is 11.9. The highest BCUT2D eigenvalue weighted by Gasteiger charge is 1.98. The van der Waals surface area contributed by atoms with E-state index in [4.69, 9.17) is 0 Å². The molecule has 0 atom stereocenters. The fraction of sp³-hybridized carbons (Fsp3) is 0.812. The van der Waals surface area contributed by atoms with Gasteiger partial charge in [-0.1, -0.05) is 26.7 Å². The van der Waals surface area contributed by atoms with Crippen LogP contribution in [0.3, 0.4) is 0 Å². The zero-order valence-corrected chi connectivity index (χ0v) is 14.4. The van der Waals surface area contributed by atoms with Crippen LogP contribution in [0, 0.1) is 5.92 Å². The zero-order chi connectivity index (χ0) is 16.0. The molecular weight excluding hydrogens is 276 g/mol. The molecule has 0 radical (unpaired) electrons. The van der Waals surface area contributed by atoms with E-state index in [-0.39, 0.29) is 0 Å². The van der Waals surface area contributed by atoms with Crippen molar-refractivity contribution in [2.75, 3.05) is 19.6 Å². The Morgan fingerprint density at radius 3 is 2.55 bits per heavy atom. The molecule has 6 heteroatoms. The van der Waals surface area contributed by atoms with E-state index in [2.05, 4.69) is 46.6 Å². The van der Waals surface area contributed by atoms with Crippen LogP contribution in [-0.4, -0.2) is 40.4 Å². The summed E-state index contributed by atoms with van der Waals surface area (Å²) in [7, 11) is 0. The summed E-state index contributed by atoms with van der Waals surface area (Å²) >= 11 is 0. The van der Waals surface area contributed by atoms with Crippen LogP contribution in [0.4, 0.5) is 0 Å². The second kappa shape index (κ2) is 12.0. The molecule has 126 valence electrons. The number of hydrogen-bond donors (Lipinski definition) is 2. The van der Waals surface area contributed by atoms with Crippen LogP contribution >= 0.6 is 0 Å². The van der Waals surface area contributed by atoms with Gasteiger partial charge in [-0.15, -0.1) is 10.2 Å². The Kier molecular flexibility index (Phi) is 10.1. The molecule has 2 N–H and O–H groups in total. The molecule has 1 heterocycles. The van der Waals surface area contributed by atoms with Crippen molar-refractivity contribution in [1.82, 2.24) is 25.4 Å². The van der Waals surface area contributed by atoms with E-state index in [9.17, 15) is 0 Å². The second-order valence-corrected chi connectivity index (χ2v) is 5.98. The number of aliphatic imine (C=N–C) groups is 1. The van der Waals surface area contributed by atoms with Crippen molar-refractivity contribution in [3.8, 4) is 0 Å². The third-order valence-corrected chi connectivity index (χ3v) is 3.41. The lowest BCUT2D eigenvalue weighted by Crippen LogP contribution is -2.37. The molecule has 1 rings (SSSR count). The number of aryl methyl sites for hydroxylation is 1. The molecule has 1 aromatic heterocycles. The van der Waals surface area contributed by atoms with E-state index < -0.39 is 0 Å². The summed E-state index contributed by atoms with van der Waals surface area (Å²) in [5.41, 5.74) is 0. The van der Waals surface area contributed by atoms with Crippen molar-refractivity contribution in [3.05, 3.63) is 12.7 Å². The maximum atomic E-state index is 4.63. The first kappa shape index (κ1) is 18.5. The molecule has 0 amide bonds. The van der Waals surface area contributed by atoms with Crippen LogP contribution in [0.5, 0.6) is 0 Å². The Labute approximate surface area is 134 Å². The van der Waals surface area contributed by atoms with Crippen LogP contribution < -0.4 is 10.6 Å². The monoisotopic (exact) mass is 308 g/mol. The molecule has 0 spiro atoms. The van der Waals surface area contributed by atoms with E-state index in [0.29, 0.717) is 0 Å². The topological polar surface area (TPSA) is 67.1 Å². The number of aromatic nitrogens is 3. The minimum absolute atomic E-state index is 0.793. The summed E-state index contributed by atoms with van der Waals surface area (Å²) in [6.45, 7) is 10.4. The SMILES string of the molecule is CCNC(=NCCCCC(C)C)NCCCCn1cnnc1. The van der Waals surface area contributed by atoms with E-state index in [1.165, 1.54) is 19.3 Å². The van der Waals surface area contributed by atoms with Gasteiger partial charge < -0.3 is 15.2 Å². The van der Waals surface area contributed by atoms with Crippen molar-refractivity contribution in [1.29, 1.82) is 0 Å². The largest absolute Gasteiger partial charge is 0.357 e. The zero-order valence-electron chi connectivity index (χ0n) is 14.4. The summed E-state index contributed by atoms with van der Waals surface area (Å²) in [6.07, 6.45) is 9.46. The summed E-state index contributed by atoms with van der Waals surface area (Å²) in [5.74, 6) is 1.73. The molecule has 22 heavy (non-hydrogen) atoms. The van der Waals surface area contributed by atoms with Crippen LogP contribution in [0.25, 0.3) is 0 Å². The molecule has 0 saturated carbocycles. The average molecular weight is 308 g/mol. The summed E-state index contributed by atoms with van der Waals surface area (Å²) in [4.78, 5) is 4.63. The van der Waals surface area contributed by atoms with Gasteiger partial charge in [0, 0.05) is 26.2 Å². The Bertz CT molecular complexity index is 385. The third-order valence-electron chi connectivity index (χ3n) is 3.41. The smallest absolute Gasteiger partial charge is 0.191 e. The molecule has 0 aliphatic heterocycles. The van der Waals surface area contributed by atoms with Gasteiger partial charge in [0.1, 0.15) is 12.7 Å². The van der Waals surface area contributed by atoms with Crippen molar-refractivity contribution in [2.24, 2.45) is 10.9 Å². The van der Waals surface area contributed by atoms with Gasteiger partial charge in [-0.25, -0.2) is 0 Å². The maximum absolute atomic E-state index is 4.63. The molecule has 0 unspecified atom stereocenters. The molecule has 0 aromatic carbocycles. The highest BCUT2D eigenvalue weighted by atomic mass is 15.2. The number of rotatable bonds is 11. The van der Waals surface area contributed by atoms with Gasteiger partial charge in [0.25, 0.3) is 0 Å². The Morgan fingerprint density at radius 1 is 1.09 bits per heavy atom. The maximum Gasteiger partial charge on any atom is 0.191 e. The van der Waals surface area contributed by atoms with Crippen LogP contribution in [0.2, 0.25) is 0 Å². The van der Waals surface area contributed by atoms with Crippen LogP contribution in [-0.2, 0) is 6.54 Å². The first-order valence-corrected chi connectivity index (χ1v) is 8.57. The molecular formula is C16H32N6. The average Bonchev–Trinajstić information content (AvgIpc) is 2.99. The molecule has 6 nitrogen and oxygen atoms in total. The van der Waals surface area contributed by atoms with Gasteiger partial charge in [-0.2, -0.15) is 0 Å². The fourth-order valence-electron chi connectivity index (χ4n) is 2.16. The quantitative estimate of drug-likeness (QED) is 0.374. The first-order valence-electron chi connectivity index (χ1n) is 8.57. The van der Waals surface area contributed by atoms with Gasteiger partial charge in [0.2, 0.25) is 0 Å². The number of unbranched alkanes of at least 4 members (excludes halogenated alkanes) is 2. The predicted molar refractivity (Wildman–Crippen MR) is 91.9 cm³/mol. The summed E-state index contributed by atoms with van der Waals surface area (Å²) < 4.78 is 2.01. The predicted octanol–water partition coefficient (Wildman–Crippen LogP) is 2.44. The lowest BCUT2D eigenvalue weighted by atomic mass is 10.1. The molecule has 0 fully saturated rings. The molecule has 0 aliphatic carbocycles. The minimum atomic E-state index is 0.793. The Morgan fingerprint density at radius 2 is 1.86 bits per heavy atom. The highest BCUT2D eigenvalue weighted by molar-refractivity contribution is 5.79. The van der Waals surface area contributed by atoms with E-state index in [1.807, 2.05) is 4.57 Å². The standard InChI is InChI=1S/C16H32N6/c1-4-17-16(18-10-6-5-9-15(2)3)19-11-7-8-12-22-13-20-21-14-22/h13-15H,4-12H2,1-3H3,(H2,17,18,19). The Hall–Kier alpha value is -1.59. The van der Waals surface area contributed by atoms with E-state index in [0.717, 1.165) is 50.9 Å². The van der Waals surface area contributed by atoms with Crippen molar-refractivity contribution >= 4 is 5.96 Å². The van der Waals surface area contributed by atoms with Crippen LogP contribution in [0.15, 0.2) is 17.6 Å².